The number of benzene rings is 2. The van der Waals surface area contributed by atoms with E-state index in [9.17, 15) is 4.79 Å². The highest BCUT2D eigenvalue weighted by Gasteiger charge is 2.25. The van der Waals surface area contributed by atoms with E-state index in [1.54, 1.807) is 4.68 Å². The van der Waals surface area contributed by atoms with Crippen molar-refractivity contribution in [2.45, 2.75) is 20.4 Å². The quantitative estimate of drug-likeness (QED) is 0.704. The summed E-state index contributed by atoms with van der Waals surface area (Å²) in [5.74, 6) is 0.910. The lowest BCUT2D eigenvalue weighted by atomic mass is 10.2. The van der Waals surface area contributed by atoms with E-state index in [0.29, 0.717) is 13.1 Å². The highest BCUT2D eigenvalue weighted by Crippen LogP contribution is 2.16. The van der Waals surface area contributed by atoms with Gasteiger partial charge < -0.3 is 4.90 Å². The Bertz CT molecular complexity index is 958. The Morgan fingerprint density at radius 3 is 2.32 bits per heavy atom. The van der Waals surface area contributed by atoms with Gasteiger partial charge in [-0.25, -0.2) is 9.67 Å². The summed E-state index contributed by atoms with van der Waals surface area (Å²) in [5.41, 5.74) is 3.36. The molecule has 0 unspecified atom stereocenters. The Balaban J connectivity index is 1.42. The van der Waals surface area contributed by atoms with Crippen LogP contribution in [-0.4, -0.2) is 56.7 Å². The maximum absolute atomic E-state index is 12.9. The molecule has 6 heteroatoms. The number of nitrogens with zero attached hydrogens (tertiary/aromatic N) is 5. The minimum absolute atomic E-state index is 0.0882. The molecule has 2 heterocycles. The smallest absolute Gasteiger partial charge is 0.293 e. The summed E-state index contributed by atoms with van der Waals surface area (Å²) in [5, 5.41) is 4.50. The van der Waals surface area contributed by atoms with Gasteiger partial charge in [-0.1, -0.05) is 48.5 Å². The Hall–Kier alpha value is -2.99. The van der Waals surface area contributed by atoms with Gasteiger partial charge in [0.1, 0.15) is 5.82 Å². The minimum Gasteiger partial charge on any atom is -0.333 e. The van der Waals surface area contributed by atoms with Crippen molar-refractivity contribution in [3.05, 3.63) is 77.4 Å². The van der Waals surface area contributed by atoms with Crippen molar-refractivity contribution >= 4 is 5.91 Å². The minimum atomic E-state index is -0.0882. The number of hydrogen-bond donors (Lipinski definition) is 0. The van der Waals surface area contributed by atoms with Crippen molar-refractivity contribution in [1.82, 2.24) is 24.6 Å². The molecule has 3 aromatic rings. The van der Waals surface area contributed by atoms with Gasteiger partial charge in [-0.3, -0.25) is 9.69 Å². The third-order valence-electron chi connectivity index (χ3n) is 5.21. The molecule has 0 spiro atoms. The van der Waals surface area contributed by atoms with Crippen LogP contribution in [0, 0.1) is 13.8 Å². The second-order valence-electron chi connectivity index (χ2n) is 7.23. The predicted molar refractivity (Wildman–Crippen MR) is 108 cm³/mol. The molecule has 1 fully saturated rings. The Morgan fingerprint density at radius 2 is 1.61 bits per heavy atom. The molecule has 1 aliphatic rings. The molecular weight excluding hydrogens is 350 g/mol. The number of carbonyl (C=O) groups is 1. The van der Waals surface area contributed by atoms with Crippen LogP contribution in [0.5, 0.6) is 0 Å². The van der Waals surface area contributed by atoms with Crippen molar-refractivity contribution in [2.24, 2.45) is 0 Å². The van der Waals surface area contributed by atoms with Crippen molar-refractivity contribution in [1.29, 1.82) is 0 Å². The van der Waals surface area contributed by atoms with Crippen LogP contribution in [0.25, 0.3) is 5.69 Å². The molecule has 0 bridgehead atoms. The number of hydrogen-bond acceptors (Lipinski definition) is 4. The third-order valence-corrected chi connectivity index (χ3v) is 5.21. The van der Waals surface area contributed by atoms with Gasteiger partial charge in [0.25, 0.3) is 5.91 Å². The lowest BCUT2D eigenvalue weighted by Crippen LogP contribution is -2.48. The molecular formula is C22H25N5O. The number of rotatable bonds is 4. The van der Waals surface area contributed by atoms with Gasteiger partial charge in [0.2, 0.25) is 5.82 Å². The average molecular weight is 375 g/mol. The van der Waals surface area contributed by atoms with Gasteiger partial charge in [0.15, 0.2) is 0 Å². The fourth-order valence-electron chi connectivity index (χ4n) is 3.60. The van der Waals surface area contributed by atoms with Crippen LogP contribution in [0.4, 0.5) is 0 Å². The third kappa shape index (κ3) is 3.82. The maximum atomic E-state index is 12.9. The van der Waals surface area contributed by atoms with E-state index in [4.69, 9.17) is 0 Å². The molecule has 1 aliphatic heterocycles. The normalized spacial score (nSPS) is 15.0. The first kappa shape index (κ1) is 18.4. The monoisotopic (exact) mass is 375 g/mol. The summed E-state index contributed by atoms with van der Waals surface area (Å²) in [6, 6.07) is 18.4. The number of amides is 1. The molecule has 144 valence electrons. The van der Waals surface area contributed by atoms with Crippen LogP contribution >= 0.6 is 0 Å². The van der Waals surface area contributed by atoms with Crippen molar-refractivity contribution in [2.75, 3.05) is 26.2 Å². The van der Waals surface area contributed by atoms with E-state index in [1.165, 1.54) is 5.56 Å². The van der Waals surface area contributed by atoms with E-state index in [-0.39, 0.29) is 11.7 Å². The van der Waals surface area contributed by atoms with E-state index in [1.807, 2.05) is 49.1 Å². The molecule has 0 N–H and O–H groups in total. The Morgan fingerprint density at radius 1 is 0.929 bits per heavy atom. The molecule has 4 rings (SSSR count). The van der Waals surface area contributed by atoms with Crippen LogP contribution in [0.2, 0.25) is 0 Å². The van der Waals surface area contributed by atoms with Gasteiger partial charge in [0, 0.05) is 32.7 Å². The number of piperazine rings is 1. The topological polar surface area (TPSA) is 54.3 Å². The molecule has 2 aromatic carbocycles. The summed E-state index contributed by atoms with van der Waals surface area (Å²) < 4.78 is 1.76. The van der Waals surface area contributed by atoms with Crippen LogP contribution in [0.3, 0.4) is 0 Å². The number of carbonyl (C=O) groups excluding carboxylic acids is 1. The first-order chi connectivity index (χ1) is 13.6. The van der Waals surface area contributed by atoms with Crippen LogP contribution < -0.4 is 0 Å². The van der Waals surface area contributed by atoms with Gasteiger partial charge >= 0.3 is 0 Å². The Kier molecular flexibility index (Phi) is 5.21. The number of para-hydroxylation sites is 1. The second kappa shape index (κ2) is 7.94. The lowest BCUT2D eigenvalue weighted by Gasteiger charge is -2.34. The molecule has 1 saturated heterocycles. The van der Waals surface area contributed by atoms with Crippen molar-refractivity contribution in [3.8, 4) is 5.69 Å². The molecule has 28 heavy (non-hydrogen) atoms. The SMILES string of the molecule is Cc1ccccc1-n1nc(C(=O)N2CCN(Cc3ccccc3)CC2)nc1C. The van der Waals surface area contributed by atoms with Crippen LogP contribution in [0.15, 0.2) is 54.6 Å². The van der Waals surface area contributed by atoms with E-state index in [2.05, 4.69) is 39.2 Å². The summed E-state index contributed by atoms with van der Waals surface area (Å²) in [7, 11) is 0. The fourth-order valence-corrected chi connectivity index (χ4v) is 3.60. The van der Waals surface area contributed by atoms with Crippen LogP contribution in [0.1, 0.15) is 27.6 Å². The van der Waals surface area contributed by atoms with Crippen molar-refractivity contribution in [3.63, 3.8) is 0 Å². The van der Waals surface area contributed by atoms with Gasteiger partial charge in [-0.2, -0.15) is 0 Å². The molecule has 6 nitrogen and oxygen atoms in total. The molecule has 0 atom stereocenters. The molecule has 0 aliphatic carbocycles. The zero-order chi connectivity index (χ0) is 19.5. The predicted octanol–water partition coefficient (Wildman–Crippen LogP) is 2.84. The van der Waals surface area contributed by atoms with Crippen molar-refractivity contribution < 1.29 is 4.79 Å². The molecule has 1 amide bonds. The summed E-state index contributed by atoms with van der Waals surface area (Å²) in [6.07, 6.45) is 0. The molecule has 1 aromatic heterocycles. The summed E-state index contributed by atoms with van der Waals surface area (Å²) in [4.78, 5) is 21.6. The lowest BCUT2D eigenvalue weighted by molar-refractivity contribution is 0.0616. The number of aromatic nitrogens is 3. The maximum Gasteiger partial charge on any atom is 0.293 e. The largest absolute Gasteiger partial charge is 0.333 e. The highest BCUT2D eigenvalue weighted by atomic mass is 16.2. The van der Waals surface area contributed by atoms with Gasteiger partial charge in [0.05, 0.1) is 5.69 Å². The fraction of sp³-hybridized carbons (Fsp3) is 0.318. The zero-order valence-electron chi connectivity index (χ0n) is 16.4. The summed E-state index contributed by atoms with van der Waals surface area (Å²) >= 11 is 0. The Labute approximate surface area is 165 Å². The first-order valence-electron chi connectivity index (χ1n) is 9.67. The van der Waals surface area contributed by atoms with E-state index >= 15 is 0 Å². The van der Waals surface area contributed by atoms with Gasteiger partial charge in [-0.05, 0) is 31.0 Å². The average Bonchev–Trinajstić information content (AvgIpc) is 3.11. The molecule has 0 radical (unpaired) electrons. The van der Waals surface area contributed by atoms with Crippen LogP contribution in [-0.2, 0) is 6.54 Å². The van der Waals surface area contributed by atoms with E-state index in [0.717, 1.165) is 36.7 Å². The molecule has 0 saturated carbocycles. The number of aryl methyl sites for hydroxylation is 2. The highest BCUT2D eigenvalue weighted by molar-refractivity contribution is 5.90. The summed E-state index contributed by atoms with van der Waals surface area (Å²) in [6.45, 7) is 7.95. The standard InChI is InChI=1S/C22H25N5O/c1-17-8-6-7-11-20(17)27-18(2)23-21(24-27)22(28)26-14-12-25(13-15-26)16-19-9-4-3-5-10-19/h3-11H,12-16H2,1-2H3. The van der Waals surface area contributed by atoms with E-state index < -0.39 is 0 Å². The van der Waals surface area contributed by atoms with Gasteiger partial charge in [-0.15, -0.1) is 5.10 Å². The first-order valence-corrected chi connectivity index (χ1v) is 9.67. The zero-order valence-corrected chi connectivity index (χ0v) is 16.4. The second-order valence-corrected chi connectivity index (χ2v) is 7.23.